The molecule has 17 heavy (non-hydrogen) atoms. The molecule has 0 atom stereocenters. The predicted octanol–water partition coefficient (Wildman–Crippen LogP) is 2.55. The van der Waals surface area contributed by atoms with Gasteiger partial charge in [0.05, 0.1) is 4.92 Å². The molecule has 0 aliphatic heterocycles. The summed E-state index contributed by atoms with van der Waals surface area (Å²) in [5, 5.41) is 15.1. The highest BCUT2D eigenvalue weighted by Crippen LogP contribution is 2.26. The first-order valence-corrected chi connectivity index (χ1v) is 5.63. The van der Waals surface area contributed by atoms with E-state index in [-0.39, 0.29) is 5.69 Å². The van der Waals surface area contributed by atoms with Gasteiger partial charge in [-0.05, 0) is 26.0 Å². The third kappa shape index (κ3) is 2.19. The van der Waals surface area contributed by atoms with Gasteiger partial charge in [-0.25, -0.2) is 9.67 Å². The topological polar surface area (TPSA) is 73.8 Å². The molecule has 1 aromatic heterocycles. The summed E-state index contributed by atoms with van der Waals surface area (Å²) in [6.07, 6.45) is 0. The van der Waals surface area contributed by atoms with Crippen LogP contribution in [-0.2, 0) is 0 Å². The molecule has 0 N–H and O–H groups in total. The molecule has 88 valence electrons. The van der Waals surface area contributed by atoms with Crippen LogP contribution in [0.3, 0.4) is 0 Å². The van der Waals surface area contributed by atoms with Crippen molar-refractivity contribution in [1.29, 1.82) is 0 Å². The summed E-state index contributed by atoms with van der Waals surface area (Å²) in [5.74, 6) is 1.20. The summed E-state index contributed by atoms with van der Waals surface area (Å²) >= 11 is 3.21. The summed E-state index contributed by atoms with van der Waals surface area (Å²) in [7, 11) is 0. The fourth-order valence-corrected chi connectivity index (χ4v) is 1.92. The van der Waals surface area contributed by atoms with Crippen molar-refractivity contribution in [3.05, 3.63) is 44.4 Å². The molecule has 2 aromatic rings. The van der Waals surface area contributed by atoms with E-state index < -0.39 is 4.92 Å². The van der Waals surface area contributed by atoms with Gasteiger partial charge in [-0.3, -0.25) is 10.1 Å². The Balaban J connectivity index is 2.67. The fraction of sp³-hybridized carbons (Fsp3) is 0.200. The Morgan fingerprint density at radius 2 is 2.12 bits per heavy atom. The van der Waals surface area contributed by atoms with Gasteiger partial charge in [0.2, 0.25) is 0 Å². The predicted molar refractivity (Wildman–Crippen MR) is 65.2 cm³/mol. The first-order valence-electron chi connectivity index (χ1n) is 4.83. The fourth-order valence-electron chi connectivity index (χ4n) is 1.57. The summed E-state index contributed by atoms with van der Waals surface area (Å²) < 4.78 is 2.13. The molecule has 0 amide bonds. The highest BCUT2D eigenvalue weighted by Gasteiger charge is 2.18. The van der Waals surface area contributed by atoms with Gasteiger partial charge < -0.3 is 0 Å². The minimum absolute atomic E-state index is 0.00706. The lowest BCUT2D eigenvalue weighted by Gasteiger charge is -2.04. The Labute approximate surface area is 106 Å². The second-order valence-electron chi connectivity index (χ2n) is 3.51. The number of hydrogen-bond acceptors (Lipinski definition) is 4. The maximum Gasteiger partial charge on any atom is 0.296 e. The number of aromatic nitrogens is 3. The average Bonchev–Trinajstić information content (AvgIpc) is 2.57. The number of nitro groups is 1. The van der Waals surface area contributed by atoms with Gasteiger partial charge in [0.1, 0.15) is 17.3 Å². The Hall–Kier alpha value is -1.76. The van der Waals surface area contributed by atoms with Gasteiger partial charge in [0.15, 0.2) is 0 Å². The summed E-state index contributed by atoms with van der Waals surface area (Å²) in [6, 6.07) is 4.83. The first kappa shape index (κ1) is 11.7. The number of halogens is 1. The van der Waals surface area contributed by atoms with Crippen molar-refractivity contribution >= 4 is 21.6 Å². The van der Waals surface area contributed by atoms with E-state index in [0.717, 1.165) is 0 Å². The molecule has 0 unspecified atom stereocenters. The minimum atomic E-state index is -0.434. The molecule has 0 radical (unpaired) electrons. The van der Waals surface area contributed by atoms with Crippen molar-refractivity contribution in [3.63, 3.8) is 0 Å². The molecule has 2 rings (SSSR count). The van der Waals surface area contributed by atoms with Crippen LogP contribution in [0.25, 0.3) is 5.69 Å². The third-order valence-electron chi connectivity index (χ3n) is 2.24. The van der Waals surface area contributed by atoms with E-state index in [1.807, 2.05) is 0 Å². The van der Waals surface area contributed by atoms with Gasteiger partial charge in [0, 0.05) is 10.5 Å². The molecule has 0 bridgehead atoms. The van der Waals surface area contributed by atoms with Crippen LogP contribution in [0.5, 0.6) is 0 Å². The second kappa shape index (κ2) is 4.25. The van der Waals surface area contributed by atoms with E-state index in [1.165, 1.54) is 10.7 Å². The highest BCUT2D eigenvalue weighted by atomic mass is 79.9. The SMILES string of the molecule is Cc1nc(C)n(-c2ccc(Br)cc2[N+](=O)[O-])n1. The Bertz CT molecular complexity index is 594. The third-order valence-corrected chi connectivity index (χ3v) is 2.73. The number of nitrogens with zero attached hydrogens (tertiary/aromatic N) is 4. The van der Waals surface area contributed by atoms with E-state index in [2.05, 4.69) is 26.0 Å². The van der Waals surface area contributed by atoms with Crippen LogP contribution < -0.4 is 0 Å². The van der Waals surface area contributed by atoms with Gasteiger partial charge >= 0.3 is 0 Å². The molecule has 0 spiro atoms. The largest absolute Gasteiger partial charge is 0.296 e. The maximum atomic E-state index is 11.0. The van der Waals surface area contributed by atoms with Crippen molar-refractivity contribution in [1.82, 2.24) is 14.8 Å². The van der Waals surface area contributed by atoms with Crippen LogP contribution in [0.2, 0.25) is 0 Å². The van der Waals surface area contributed by atoms with Crippen molar-refractivity contribution in [2.75, 3.05) is 0 Å². The lowest BCUT2D eigenvalue weighted by atomic mass is 10.2. The smallest absolute Gasteiger partial charge is 0.258 e. The maximum absolute atomic E-state index is 11.0. The molecule has 0 saturated heterocycles. The standard InChI is InChI=1S/C10H9BrN4O2/c1-6-12-7(2)14(13-6)9-4-3-8(11)5-10(9)15(16)17/h3-5H,1-2H3. The zero-order valence-corrected chi connectivity index (χ0v) is 10.8. The van der Waals surface area contributed by atoms with E-state index in [9.17, 15) is 10.1 Å². The number of nitro benzene ring substituents is 1. The van der Waals surface area contributed by atoms with Crippen LogP contribution in [0, 0.1) is 24.0 Å². The molecular formula is C10H9BrN4O2. The first-order chi connectivity index (χ1) is 7.99. The number of aryl methyl sites for hydroxylation is 2. The molecule has 6 nitrogen and oxygen atoms in total. The van der Waals surface area contributed by atoms with E-state index in [4.69, 9.17) is 0 Å². The van der Waals surface area contributed by atoms with E-state index >= 15 is 0 Å². The number of rotatable bonds is 2. The van der Waals surface area contributed by atoms with Gasteiger partial charge in [0.25, 0.3) is 5.69 Å². The number of benzene rings is 1. The lowest BCUT2D eigenvalue weighted by molar-refractivity contribution is -0.384. The van der Waals surface area contributed by atoms with Crippen molar-refractivity contribution in [2.24, 2.45) is 0 Å². The van der Waals surface area contributed by atoms with Crippen LogP contribution >= 0.6 is 15.9 Å². The van der Waals surface area contributed by atoms with Crippen molar-refractivity contribution in [2.45, 2.75) is 13.8 Å². The Morgan fingerprint density at radius 3 is 2.65 bits per heavy atom. The van der Waals surface area contributed by atoms with Crippen molar-refractivity contribution < 1.29 is 4.92 Å². The quantitative estimate of drug-likeness (QED) is 0.630. The molecule has 0 saturated carbocycles. The van der Waals surface area contributed by atoms with Crippen LogP contribution in [-0.4, -0.2) is 19.7 Å². The van der Waals surface area contributed by atoms with E-state index in [0.29, 0.717) is 21.8 Å². The molecule has 1 aromatic carbocycles. The molecular weight excluding hydrogens is 288 g/mol. The lowest BCUT2D eigenvalue weighted by Crippen LogP contribution is -2.03. The van der Waals surface area contributed by atoms with Crippen molar-refractivity contribution in [3.8, 4) is 5.69 Å². The number of hydrogen-bond donors (Lipinski definition) is 0. The van der Waals surface area contributed by atoms with E-state index in [1.54, 1.807) is 26.0 Å². The molecule has 0 aliphatic rings. The Kier molecular flexibility index (Phi) is 2.93. The van der Waals surface area contributed by atoms with Gasteiger partial charge in [-0.2, -0.15) is 5.10 Å². The summed E-state index contributed by atoms with van der Waals surface area (Å²) in [6.45, 7) is 3.50. The average molecular weight is 297 g/mol. The summed E-state index contributed by atoms with van der Waals surface area (Å²) in [4.78, 5) is 14.7. The van der Waals surface area contributed by atoms with Crippen LogP contribution in [0.15, 0.2) is 22.7 Å². The van der Waals surface area contributed by atoms with Crippen LogP contribution in [0.1, 0.15) is 11.6 Å². The monoisotopic (exact) mass is 296 g/mol. The highest BCUT2D eigenvalue weighted by molar-refractivity contribution is 9.10. The zero-order valence-electron chi connectivity index (χ0n) is 9.22. The van der Waals surface area contributed by atoms with Crippen LogP contribution in [0.4, 0.5) is 5.69 Å². The zero-order chi connectivity index (χ0) is 12.6. The van der Waals surface area contributed by atoms with Gasteiger partial charge in [-0.15, -0.1) is 0 Å². The van der Waals surface area contributed by atoms with Gasteiger partial charge in [-0.1, -0.05) is 15.9 Å². The summed E-state index contributed by atoms with van der Waals surface area (Å²) in [5.41, 5.74) is 0.406. The minimum Gasteiger partial charge on any atom is -0.258 e. The Morgan fingerprint density at radius 1 is 1.41 bits per heavy atom. The molecule has 0 aliphatic carbocycles. The normalized spacial score (nSPS) is 10.5. The molecule has 0 fully saturated rings. The molecule has 7 heteroatoms. The second-order valence-corrected chi connectivity index (χ2v) is 4.42. The molecule has 1 heterocycles.